The number of hydrogen-bond acceptors (Lipinski definition) is 2. The van der Waals surface area contributed by atoms with E-state index in [1.807, 2.05) is 60.7 Å². The zero-order valence-electron chi connectivity index (χ0n) is 9.04. The van der Waals surface area contributed by atoms with Crippen LogP contribution in [0.25, 0.3) is 0 Å². The van der Waals surface area contributed by atoms with Crippen molar-refractivity contribution in [2.24, 2.45) is 5.73 Å². The predicted octanol–water partition coefficient (Wildman–Crippen LogP) is 2.77. The Bertz CT molecular complexity index is 413. The van der Waals surface area contributed by atoms with Crippen molar-refractivity contribution in [2.45, 2.75) is 6.10 Å². The van der Waals surface area contributed by atoms with Crippen molar-refractivity contribution in [1.29, 1.82) is 0 Å². The van der Waals surface area contributed by atoms with Crippen LogP contribution in [0.2, 0.25) is 0 Å². The number of benzene rings is 2. The van der Waals surface area contributed by atoms with Crippen molar-refractivity contribution in [2.75, 3.05) is 6.54 Å². The number of rotatable bonds is 4. The molecule has 0 spiro atoms. The topological polar surface area (TPSA) is 35.2 Å². The molecule has 0 aromatic heterocycles. The van der Waals surface area contributed by atoms with E-state index in [1.54, 1.807) is 0 Å². The highest BCUT2D eigenvalue weighted by Gasteiger charge is 2.10. The largest absolute Gasteiger partial charge is 0.484 e. The first-order valence-electron chi connectivity index (χ1n) is 5.37. The lowest BCUT2D eigenvalue weighted by atomic mass is 10.1. The van der Waals surface area contributed by atoms with E-state index in [-0.39, 0.29) is 6.10 Å². The van der Waals surface area contributed by atoms with Crippen molar-refractivity contribution in [1.82, 2.24) is 0 Å². The molecule has 0 heterocycles. The van der Waals surface area contributed by atoms with Gasteiger partial charge in [-0.1, -0.05) is 48.5 Å². The molecule has 0 amide bonds. The Kier molecular flexibility index (Phi) is 3.57. The van der Waals surface area contributed by atoms with E-state index in [4.69, 9.17) is 10.5 Å². The van der Waals surface area contributed by atoms with Crippen molar-refractivity contribution in [3.63, 3.8) is 0 Å². The fraction of sp³-hybridized carbons (Fsp3) is 0.143. The van der Waals surface area contributed by atoms with Gasteiger partial charge in [0.25, 0.3) is 0 Å². The smallest absolute Gasteiger partial charge is 0.136 e. The molecule has 0 saturated carbocycles. The summed E-state index contributed by atoms with van der Waals surface area (Å²) in [4.78, 5) is 0. The fourth-order valence-corrected chi connectivity index (χ4v) is 1.58. The molecule has 0 radical (unpaired) electrons. The molecule has 2 rings (SSSR count). The Balaban J connectivity index is 2.13. The summed E-state index contributed by atoms with van der Waals surface area (Å²) in [5.74, 6) is 0.849. The van der Waals surface area contributed by atoms with E-state index in [1.165, 1.54) is 0 Å². The van der Waals surface area contributed by atoms with Gasteiger partial charge < -0.3 is 10.5 Å². The minimum atomic E-state index is -0.0800. The average Bonchev–Trinajstić information content (AvgIpc) is 2.38. The van der Waals surface area contributed by atoms with Crippen LogP contribution in [-0.2, 0) is 0 Å². The summed E-state index contributed by atoms with van der Waals surface area (Å²) in [5, 5.41) is 0. The molecular formula is C14H15NO. The molecule has 2 aromatic carbocycles. The van der Waals surface area contributed by atoms with Gasteiger partial charge in [0.1, 0.15) is 11.9 Å². The molecule has 0 aliphatic rings. The quantitative estimate of drug-likeness (QED) is 0.847. The van der Waals surface area contributed by atoms with Crippen LogP contribution in [0.3, 0.4) is 0 Å². The van der Waals surface area contributed by atoms with E-state index < -0.39 is 0 Å². The van der Waals surface area contributed by atoms with E-state index in [0.717, 1.165) is 11.3 Å². The second kappa shape index (κ2) is 5.33. The maximum Gasteiger partial charge on any atom is 0.136 e. The molecule has 0 unspecified atom stereocenters. The van der Waals surface area contributed by atoms with Gasteiger partial charge >= 0.3 is 0 Å². The zero-order chi connectivity index (χ0) is 11.2. The monoisotopic (exact) mass is 213 g/mol. The molecule has 2 N–H and O–H groups in total. The van der Waals surface area contributed by atoms with Gasteiger partial charge in [0.15, 0.2) is 0 Å². The number of para-hydroxylation sites is 1. The summed E-state index contributed by atoms with van der Waals surface area (Å²) in [6, 6.07) is 19.8. The number of hydrogen-bond donors (Lipinski definition) is 1. The van der Waals surface area contributed by atoms with Gasteiger partial charge in [-0.15, -0.1) is 0 Å². The maximum absolute atomic E-state index is 5.82. The molecule has 2 heteroatoms. The first-order valence-corrected chi connectivity index (χ1v) is 5.37. The Morgan fingerprint density at radius 2 is 1.44 bits per heavy atom. The third kappa shape index (κ3) is 2.61. The third-order valence-electron chi connectivity index (χ3n) is 2.41. The van der Waals surface area contributed by atoms with Gasteiger partial charge in [-0.25, -0.2) is 0 Å². The maximum atomic E-state index is 5.82. The average molecular weight is 213 g/mol. The summed E-state index contributed by atoms with van der Waals surface area (Å²) in [5.41, 5.74) is 6.83. The standard InChI is InChI=1S/C14H15NO/c15-11-14(12-7-3-1-4-8-12)16-13-9-5-2-6-10-13/h1-10,14H,11,15H2/t14-/m1/s1. The van der Waals surface area contributed by atoms with Gasteiger partial charge in [0, 0.05) is 6.54 Å². The van der Waals surface area contributed by atoms with Crippen LogP contribution >= 0.6 is 0 Å². The van der Waals surface area contributed by atoms with Crippen LogP contribution in [0.5, 0.6) is 5.75 Å². The zero-order valence-corrected chi connectivity index (χ0v) is 9.04. The molecule has 1 atom stereocenters. The van der Waals surface area contributed by atoms with Crippen LogP contribution in [0.1, 0.15) is 11.7 Å². The van der Waals surface area contributed by atoms with Crippen molar-refractivity contribution < 1.29 is 4.74 Å². The Morgan fingerprint density at radius 1 is 0.875 bits per heavy atom. The van der Waals surface area contributed by atoms with Crippen LogP contribution in [0.15, 0.2) is 60.7 Å². The highest BCUT2D eigenvalue weighted by atomic mass is 16.5. The first-order chi connectivity index (χ1) is 7.90. The predicted molar refractivity (Wildman–Crippen MR) is 65.3 cm³/mol. The molecule has 0 fully saturated rings. The van der Waals surface area contributed by atoms with E-state index in [9.17, 15) is 0 Å². The summed E-state index contributed by atoms with van der Waals surface area (Å²) in [6.07, 6.45) is -0.0800. The van der Waals surface area contributed by atoms with E-state index in [2.05, 4.69) is 0 Å². The third-order valence-corrected chi connectivity index (χ3v) is 2.41. The molecule has 0 aliphatic carbocycles. The molecule has 2 nitrogen and oxygen atoms in total. The molecule has 82 valence electrons. The second-order valence-corrected chi connectivity index (χ2v) is 3.57. The molecule has 16 heavy (non-hydrogen) atoms. The summed E-state index contributed by atoms with van der Waals surface area (Å²) in [7, 11) is 0. The molecule has 0 bridgehead atoms. The normalized spacial score (nSPS) is 12.1. The lowest BCUT2D eigenvalue weighted by Crippen LogP contribution is -2.18. The molecule has 2 aromatic rings. The second-order valence-electron chi connectivity index (χ2n) is 3.57. The molecular weight excluding hydrogens is 198 g/mol. The van der Waals surface area contributed by atoms with Crippen LogP contribution in [-0.4, -0.2) is 6.54 Å². The first kappa shape index (κ1) is 10.7. The Labute approximate surface area is 95.7 Å². The lowest BCUT2D eigenvalue weighted by molar-refractivity contribution is 0.214. The number of nitrogens with two attached hydrogens (primary N) is 1. The fourth-order valence-electron chi connectivity index (χ4n) is 1.58. The van der Waals surface area contributed by atoms with Gasteiger partial charge in [-0.2, -0.15) is 0 Å². The van der Waals surface area contributed by atoms with Crippen molar-refractivity contribution in [3.8, 4) is 5.75 Å². The van der Waals surface area contributed by atoms with Crippen molar-refractivity contribution >= 4 is 0 Å². The lowest BCUT2D eigenvalue weighted by Gasteiger charge is -2.17. The molecule has 0 aliphatic heterocycles. The highest BCUT2D eigenvalue weighted by molar-refractivity contribution is 5.24. The Hall–Kier alpha value is -1.80. The van der Waals surface area contributed by atoms with Gasteiger partial charge in [0.2, 0.25) is 0 Å². The van der Waals surface area contributed by atoms with Gasteiger partial charge in [-0.3, -0.25) is 0 Å². The minimum absolute atomic E-state index is 0.0800. The number of ether oxygens (including phenoxy) is 1. The van der Waals surface area contributed by atoms with E-state index in [0.29, 0.717) is 6.54 Å². The van der Waals surface area contributed by atoms with Gasteiger partial charge in [-0.05, 0) is 17.7 Å². The van der Waals surface area contributed by atoms with Crippen LogP contribution < -0.4 is 10.5 Å². The van der Waals surface area contributed by atoms with Gasteiger partial charge in [0.05, 0.1) is 0 Å². The van der Waals surface area contributed by atoms with Crippen LogP contribution in [0, 0.1) is 0 Å². The summed E-state index contributed by atoms with van der Waals surface area (Å²) < 4.78 is 5.82. The van der Waals surface area contributed by atoms with E-state index >= 15 is 0 Å². The summed E-state index contributed by atoms with van der Waals surface area (Å²) in [6.45, 7) is 0.471. The Morgan fingerprint density at radius 3 is 2.00 bits per heavy atom. The summed E-state index contributed by atoms with van der Waals surface area (Å²) >= 11 is 0. The van der Waals surface area contributed by atoms with Crippen LogP contribution in [0.4, 0.5) is 0 Å². The SMILES string of the molecule is NC[C@@H](Oc1ccccc1)c1ccccc1. The molecule has 0 saturated heterocycles. The minimum Gasteiger partial charge on any atom is -0.484 e. The van der Waals surface area contributed by atoms with Crippen molar-refractivity contribution in [3.05, 3.63) is 66.2 Å². The highest BCUT2D eigenvalue weighted by Crippen LogP contribution is 2.20.